The summed E-state index contributed by atoms with van der Waals surface area (Å²) in [6.45, 7) is 0. The molecule has 0 unspecified atom stereocenters. The summed E-state index contributed by atoms with van der Waals surface area (Å²) in [5.74, 6) is 0.987. The zero-order valence-electron chi connectivity index (χ0n) is 9.75. The van der Waals surface area contributed by atoms with Gasteiger partial charge in [-0.05, 0) is 24.3 Å². The number of aromatic nitrogens is 3. The lowest BCUT2D eigenvalue weighted by atomic mass is 10.3. The van der Waals surface area contributed by atoms with Crippen molar-refractivity contribution in [2.45, 2.75) is 0 Å². The van der Waals surface area contributed by atoms with E-state index < -0.39 is 0 Å². The smallest absolute Gasteiger partial charge is 0.221 e. The molecule has 19 heavy (non-hydrogen) atoms. The number of nitrogens with two attached hydrogens (primary N) is 1. The first-order chi connectivity index (χ1) is 9.22. The van der Waals surface area contributed by atoms with Crippen LogP contribution in [0.2, 0.25) is 0 Å². The second-order valence-corrected chi connectivity index (χ2v) is 4.75. The van der Waals surface area contributed by atoms with E-state index in [1.807, 2.05) is 6.07 Å². The molecule has 0 saturated heterocycles. The van der Waals surface area contributed by atoms with Gasteiger partial charge in [0.2, 0.25) is 5.88 Å². The number of halogens is 1. The summed E-state index contributed by atoms with van der Waals surface area (Å²) in [6, 6.07) is 8.95. The molecular weight excluding hydrogens is 308 g/mol. The minimum Gasteiger partial charge on any atom is -0.437 e. The fraction of sp³-hybridized carbons (Fsp3) is 0. The van der Waals surface area contributed by atoms with Crippen LogP contribution >= 0.6 is 15.9 Å². The number of ether oxygens (including phenoxy) is 1. The Morgan fingerprint density at radius 3 is 2.74 bits per heavy atom. The van der Waals surface area contributed by atoms with Crippen molar-refractivity contribution in [3.8, 4) is 11.6 Å². The molecule has 0 radical (unpaired) electrons. The third kappa shape index (κ3) is 2.48. The maximum Gasteiger partial charge on any atom is 0.221 e. The number of fused-ring (bicyclic) bond motifs is 1. The monoisotopic (exact) mass is 316 g/mol. The van der Waals surface area contributed by atoms with Crippen molar-refractivity contribution in [1.29, 1.82) is 0 Å². The Hall–Kier alpha value is -2.21. The highest BCUT2D eigenvalue weighted by molar-refractivity contribution is 9.10. The van der Waals surface area contributed by atoms with Crippen molar-refractivity contribution < 1.29 is 4.74 Å². The molecule has 0 fully saturated rings. The molecule has 0 aliphatic heterocycles. The average Bonchev–Trinajstić information content (AvgIpc) is 2.42. The van der Waals surface area contributed by atoms with Gasteiger partial charge in [-0.1, -0.05) is 15.9 Å². The second-order valence-electron chi connectivity index (χ2n) is 3.83. The van der Waals surface area contributed by atoms with Gasteiger partial charge in [0, 0.05) is 22.9 Å². The molecule has 2 heterocycles. The van der Waals surface area contributed by atoms with Gasteiger partial charge in [-0.25, -0.2) is 4.98 Å². The van der Waals surface area contributed by atoms with E-state index in [-0.39, 0.29) is 0 Å². The minimum atomic E-state index is 0.432. The van der Waals surface area contributed by atoms with Gasteiger partial charge in [0.25, 0.3) is 0 Å². The first-order valence-corrected chi connectivity index (χ1v) is 6.32. The van der Waals surface area contributed by atoms with Gasteiger partial charge in [0.05, 0.1) is 5.69 Å². The van der Waals surface area contributed by atoms with Crippen molar-refractivity contribution in [2.75, 3.05) is 5.73 Å². The molecule has 6 heteroatoms. The van der Waals surface area contributed by atoms with Crippen molar-refractivity contribution >= 4 is 32.8 Å². The van der Waals surface area contributed by atoms with E-state index in [2.05, 4.69) is 30.9 Å². The molecule has 0 aliphatic carbocycles. The number of benzene rings is 1. The van der Waals surface area contributed by atoms with Gasteiger partial charge in [-0.15, -0.1) is 0 Å². The number of nitrogens with zero attached hydrogens (tertiary/aromatic N) is 3. The Balaban J connectivity index is 1.96. The number of hydrogen-bond donors (Lipinski definition) is 1. The van der Waals surface area contributed by atoms with Crippen LogP contribution in [0.25, 0.3) is 11.2 Å². The fourth-order valence-electron chi connectivity index (χ4n) is 1.62. The molecule has 0 aliphatic rings. The van der Waals surface area contributed by atoms with Crippen LogP contribution in [0, 0.1) is 0 Å². The summed E-state index contributed by atoms with van der Waals surface area (Å²) in [7, 11) is 0. The maximum atomic E-state index is 5.87. The summed E-state index contributed by atoms with van der Waals surface area (Å²) in [5, 5.41) is 0. The molecule has 5 nitrogen and oxygen atoms in total. The van der Waals surface area contributed by atoms with E-state index in [1.54, 1.807) is 36.7 Å². The summed E-state index contributed by atoms with van der Waals surface area (Å²) >= 11 is 3.34. The van der Waals surface area contributed by atoms with E-state index in [4.69, 9.17) is 10.5 Å². The number of anilines is 1. The molecule has 3 aromatic rings. The van der Waals surface area contributed by atoms with Crippen LogP contribution in [-0.2, 0) is 0 Å². The second kappa shape index (κ2) is 4.81. The van der Waals surface area contributed by atoms with Gasteiger partial charge in [-0.3, -0.25) is 4.98 Å². The Bertz CT molecular complexity index is 748. The molecule has 0 atom stereocenters. The normalized spacial score (nSPS) is 10.6. The average molecular weight is 317 g/mol. The number of nitrogen functional groups attached to an aromatic ring is 1. The SMILES string of the molecule is Nc1cc(Br)ccc1Oc1ccc2nccnc2n1. The highest BCUT2D eigenvalue weighted by Crippen LogP contribution is 2.29. The van der Waals surface area contributed by atoms with Crippen LogP contribution in [0.1, 0.15) is 0 Å². The third-order valence-corrected chi connectivity index (χ3v) is 2.99. The van der Waals surface area contributed by atoms with Crippen molar-refractivity contribution in [1.82, 2.24) is 15.0 Å². The van der Waals surface area contributed by atoms with Crippen molar-refractivity contribution in [3.05, 3.63) is 47.2 Å². The zero-order chi connectivity index (χ0) is 13.2. The molecule has 0 bridgehead atoms. The van der Waals surface area contributed by atoms with E-state index in [0.717, 1.165) is 9.99 Å². The Kier molecular flexibility index (Phi) is 3.00. The molecule has 0 amide bonds. The maximum absolute atomic E-state index is 5.87. The lowest BCUT2D eigenvalue weighted by molar-refractivity contribution is 0.467. The third-order valence-electron chi connectivity index (χ3n) is 2.49. The minimum absolute atomic E-state index is 0.432. The predicted molar refractivity (Wildman–Crippen MR) is 76.0 cm³/mol. The Labute approximate surface area is 117 Å². The molecule has 2 aromatic heterocycles. The number of rotatable bonds is 2. The molecule has 0 saturated carbocycles. The summed E-state index contributed by atoms with van der Waals surface area (Å²) in [5.41, 5.74) is 7.67. The highest BCUT2D eigenvalue weighted by Gasteiger charge is 2.05. The quantitative estimate of drug-likeness (QED) is 0.735. The number of hydrogen-bond acceptors (Lipinski definition) is 5. The van der Waals surface area contributed by atoms with E-state index in [0.29, 0.717) is 23.0 Å². The van der Waals surface area contributed by atoms with Crippen LogP contribution in [0.3, 0.4) is 0 Å². The van der Waals surface area contributed by atoms with Gasteiger partial charge in [0.1, 0.15) is 5.52 Å². The molecule has 0 spiro atoms. The standard InChI is InChI=1S/C13H9BrN4O/c14-8-1-3-11(9(15)7-8)19-12-4-2-10-13(18-12)17-6-5-16-10/h1-7H,15H2. The first-order valence-electron chi connectivity index (χ1n) is 5.53. The van der Waals surface area contributed by atoms with Gasteiger partial charge < -0.3 is 10.5 Å². The van der Waals surface area contributed by atoms with Crippen LogP contribution < -0.4 is 10.5 Å². The van der Waals surface area contributed by atoms with Crippen molar-refractivity contribution in [2.24, 2.45) is 0 Å². The summed E-state index contributed by atoms with van der Waals surface area (Å²) in [6.07, 6.45) is 3.21. The van der Waals surface area contributed by atoms with Crippen LogP contribution in [0.15, 0.2) is 47.2 Å². The van der Waals surface area contributed by atoms with Gasteiger partial charge in [-0.2, -0.15) is 4.98 Å². The lowest BCUT2D eigenvalue weighted by Gasteiger charge is -2.08. The highest BCUT2D eigenvalue weighted by atomic mass is 79.9. The van der Waals surface area contributed by atoms with E-state index >= 15 is 0 Å². The Morgan fingerprint density at radius 1 is 1.05 bits per heavy atom. The molecule has 3 rings (SSSR count). The molecule has 94 valence electrons. The van der Waals surface area contributed by atoms with Gasteiger partial charge in [0.15, 0.2) is 11.4 Å². The number of pyridine rings is 1. The zero-order valence-corrected chi connectivity index (χ0v) is 11.3. The summed E-state index contributed by atoms with van der Waals surface area (Å²) in [4.78, 5) is 12.5. The molecular formula is C13H9BrN4O. The van der Waals surface area contributed by atoms with E-state index in [1.165, 1.54) is 0 Å². The van der Waals surface area contributed by atoms with Crippen LogP contribution in [-0.4, -0.2) is 15.0 Å². The van der Waals surface area contributed by atoms with E-state index in [9.17, 15) is 0 Å². The fourth-order valence-corrected chi connectivity index (χ4v) is 2.00. The first kappa shape index (κ1) is 11.9. The lowest BCUT2D eigenvalue weighted by Crippen LogP contribution is -1.95. The van der Waals surface area contributed by atoms with Crippen LogP contribution in [0.5, 0.6) is 11.6 Å². The van der Waals surface area contributed by atoms with Crippen LogP contribution in [0.4, 0.5) is 5.69 Å². The van der Waals surface area contributed by atoms with Crippen molar-refractivity contribution in [3.63, 3.8) is 0 Å². The Morgan fingerprint density at radius 2 is 1.89 bits per heavy atom. The van der Waals surface area contributed by atoms with Gasteiger partial charge >= 0.3 is 0 Å². The summed E-state index contributed by atoms with van der Waals surface area (Å²) < 4.78 is 6.55. The topological polar surface area (TPSA) is 73.9 Å². The predicted octanol–water partition coefficient (Wildman–Crippen LogP) is 3.16. The molecule has 2 N–H and O–H groups in total. The largest absolute Gasteiger partial charge is 0.437 e. The molecule has 1 aromatic carbocycles.